The van der Waals surface area contributed by atoms with Gasteiger partial charge >= 0.3 is 5.97 Å². The van der Waals surface area contributed by atoms with Gasteiger partial charge < -0.3 is 15.8 Å². The first-order valence-electron chi connectivity index (χ1n) is 7.02. The maximum absolute atomic E-state index is 11.6. The van der Waals surface area contributed by atoms with Crippen molar-refractivity contribution < 1.29 is 19.1 Å². The number of nitrogens with one attached hydrogen (secondary N) is 1. The molecule has 120 valence electrons. The smallest absolute Gasteiger partial charge is 0.303 e. The summed E-state index contributed by atoms with van der Waals surface area (Å²) < 4.78 is 4.57. The Balaban J connectivity index is 2.07. The lowest BCUT2D eigenvalue weighted by Gasteiger charge is -2.15. The normalized spacial score (nSPS) is 11.7. The number of hydrogen-bond acceptors (Lipinski definition) is 5. The lowest BCUT2D eigenvalue weighted by molar-refractivity contribution is -0.146. The number of amides is 2. The fourth-order valence-corrected chi connectivity index (χ4v) is 2.06. The number of primary amides is 1. The first-order valence-corrected chi connectivity index (χ1v) is 7.02. The van der Waals surface area contributed by atoms with E-state index in [0.717, 1.165) is 10.9 Å². The van der Waals surface area contributed by atoms with Crippen LogP contribution in [0.5, 0.6) is 0 Å². The minimum atomic E-state index is -0.924. The number of carbonyl (C=O) groups excluding carboxylic acids is 3. The summed E-state index contributed by atoms with van der Waals surface area (Å²) in [7, 11) is 0. The third kappa shape index (κ3) is 4.77. The Labute approximate surface area is 132 Å². The van der Waals surface area contributed by atoms with Gasteiger partial charge in [-0.2, -0.15) is 0 Å². The monoisotopic (exact) mass is 315 g/mol. The van der Waals surface area contributed by atoms with Crippen LogP contribution in [0.2, 0.25) is 0 Å². The molecule has 2 aromatic rings. The van der Waals surface area contributed by atoms with Crippen molar-refractivity contribution in [1.82, 2.24) is 10.3 Å². The van der Waals surface area contributed by atoms with Crippen LogP contribution in [0.25, 0.3) is 10.9 Å². The molecule has 1 aromatic heterocycles. The number of aromatic nitrogens is 1. The maximum Gasteiger partial charge on any atom is 0.303 e. The standard InChI is InChI=1S/C16H17N3O4/c1-10(20)23-9-15(21)19-14(16(17)22)8-12-7-6-11-4-2-3-5-13(11)18-12/h2-7,14H,8-9H2,1H3,(H2,17,22)(H,19,21)/t14-/m0/s1. The fraction of sp³-hybridized carbons (Fsp3) is 0.250. The molecule has 23 heavy (non-hydrogen) atoms. The van der Waals surface area contributed by atoms with Crippen LogP contribution in [0.1, 0.15) is 12.6 Å². The molecule has 2 rings (SSSR count). The highest BCUT2D eigenvalue weighted by atomic mass is 16.5. The molecule has 0 aliphatic rings. The molecule has 0 fully saturated rings. The van der Waals surface area contributed by atoms with Gasteiger partial charge in [-0.3, -0.25) is 19.4 Å². The lowest BCUT2D eigenvalue weighted by atomic mass is 10.1. The van der Waals surface area contributed by atoms with E-state index >= 15 is 0 Å². The van der Waals surface area contributed by atoms with Gasteiger partial charge in [0, 0.05) is 24.4 Å². The van der Waals surface area contributed by atoms with Crippen molar-refractivity contribution in [3.05, 3.63) is 42.1 Å². The molecule has 0 saturated heterocycles. The van der Waals surface area contributed by atoms with Crippen LogP contribution in [0, 0.1) is 0 Å². The lowest BCUT2D eigenvalue weighted by Crippen LogP contribution is -2.47. The molecular weight excluding hydrogens is 298 g/mol. The number of pyridine rings is 1. The van der Waals surface area contributed by atoms with Crippen molar-refractivity contribution in [3.8, 4) is 0 Å². The second-order valence-electron chi connectivity index (χ2n) is 5.00. The molecule has 0 aliphatic carbocycles. The Morgan fingerprint density at radius 2 is 1.96 bits per heavy atom. The van der Waals surface area contributed by atoms with Crippen molar-refractivity contribution in [2.24, 2.45) is 5.73 Å². The Morgan fingerprint density at radius 3 is 2.65 bits per heavy atom. The Morgan fingerprint density at radius 1 is 1.22 bits per heavy atom. The number of fused-ring (bicyclic) bond motifs is 1. The second-order valence-corrected chi connectivity index (χ2v) is 5.00. The highest BCUT2D eigenvalue weighted by Gasteiger charge is 2.19. The molecular formula is C16H17N3O4. The van der Waals surface area contributed by atoms with E-state index in [0.29, 0.717) is 5.69 Å². The average Bonchev–Trinajstić information content (AvgIpc) is 2.52. The molecule has 7 heteroatoms. The Bertz CT molecular complexity index is 745. The summed E-state index contributed by atoms with van der Waals surface area (Å²) in [5, 5.41) is 3.42. The summed E-state index contributed by atoms with van der Waals surface area (Å²) in [6.45, 7) is 0.738. The van der Waals surface area contributed by atoms with E-state index in [1.807, 2.05) is 30.3 Å². The molecule has 0 bridgehead atoms. The molecule has 0 unspecified atom stereocenters. The summed E-state index contributed by atoms with van der Waals surface area (Å²) in [6, 6.07) is 10.3. The van der Waals surface area contributed by atoms with Crippen molar-refractivity contribution in [2.45, 2.75) is 19.4 Å². The van der Waals surface area contributed by atoms with Crippen LogP contribution in [-0.4, -0.2) is 35.4 Å². The summed E-state index contributed by atoms with van der Waals surface area (Å²) in [4.78, 5) is 38.3. The van der Waals surface area contributed by atoms with Crippen LogP contribution in [0.3, 0.4) is 0 Å². The van der Waals surface area contributed by atoms with Crippen molar-refractivity contribution in [3.63, 3.8) is 0 Å². The van der Waals surface area contributed by atoms with Crippen molar-refractivity contribution in [1.29, 1.82) is 0 Å². The largest absolute Gasteiger partial charge is 0.456 e. The fourth-order valence-electron chi connectivity index (χ4n) is 2.06. The molecule has 0 radical (unpaired) electrons. The topological polar surface area (TPSA) is 111 Å². The molecule has 1 aromatic carbocycles. The van der Waals surface area contributed by atoms with Gasteiger partial charge in [0.05, 0.1) is 5.52 Å². The molecule has 7 nitrogen and oxygen atoms in total. The summed E-state index contributed by atoms with van der Waals surface area (Å²) in [5.41, 5.74) is 6.73. The van der Waals surface area contributed by atoms with Gasteiger partial charge in [0.25, 0.3) is 5.91 Å². The van der Waals surface area contributed by atoms with Crippen LogP contribution >= 0.6 is 0 Å². The van der Waals surface area contributed by atoms with E-state index in [-0.39, 0.29) is 6.42 Å². The van der Waals surface area contributed by atoms with E-state index in [2.05, 4.69) is 15.0 Å². The number of benzene rings is 1. The van der Waals surface area contributed by atoms with Gasteiger partial charge in [0.1, 0.15) is 6.04 Å². The number of para-hydroxylation sites is 1. The summed E-state index contributed by atoms with van der Waals surface area (Å²) in [6.07, 6.45) is 0.159. The molecule has 0 saturated carbocycles. The van der Waals surface area contributed by atoms with Crippen molar-refractivity contribution >= 4 is 28.7 Å². The minimum Gasteiger partial charge on any atom is -0.456 e. The maximum atomic E-state index is 11.6. The molecule has 3 N–H and O–H groups in total. The van der Waals surface area contributed by atoms with E-state index in [9.17, 15) is 14.4 Å². The summed E-state index contributed by atoms with van der Waals surface area (Å²) in [5.74, 6) is -1.85. The number of ether oxygens (including phenoxy) is 1. The predicted octanol–water partition coefficient (Wildman–Crippen LogP) is 0.310. The van der Waals surface area contributed by atoms with Gasteiger partial charge in [-0.1, -0.05) is 24.3 Å². The van der Waals surface area contributed by atoms with E-state index in [4.69, 9.17) is 5.73 Å². The molecule has 0 spiro atoms. The number of nitrogens with zero attached hydrogens (tertiary/aromatic N) is 1. The van der Waals surface area contributed by atoms with Crippen LogP contribution in [0.4, 0.5) is 0 Å². The van der Waals surface area contributed by atoms with Crippen molar-refractivity contribution in [2.75, 3.05) is 6.61 Å². The zero-order valence-corrected chi connectivity index (χ0v) is 12.6. The number of hydrogen-bond donors (Lipinski definition) is 2. The highest BCUT2D eigenvalue weighted by Crippen LogP contribution is 2.12. The first kappa shape index (κ1) is 16.4. The average molecular weight is 315 g/mol. The number of rotatable bonds is 6. The third-order valence-corrected chi connectivity index (χ3v) is 3.15. The number of esters is 1. The predicted molar refractivity (Wildman–Crippen MR) is 83.2 cm³/mol. The van der Waals surface area contributed by atoms with Gasteiger partial charge in [-0.25, -0.2) is 0 Å². The quantitative estimate of drug-likeness (QED) is 0.745. The van der Waals surface area contributed by atoms with Gasteiger partial charge in [-0.15, -0.1) is 0 Å². The third-order valence-electron chi connectivity index (χ3n) is 3.15. The molecule has 1 atom stereocenters. The Hall–Kier alpha value is -2.96. The highest BCUT2D eigenvalue weighted by molar-refractivity contribution is 5.88. The number of carbonyl (C=O) groups is 3. The first-order chi connectivity index (χ1) is 11.0. The SMILES string of the molecule is CC(=O)OCC(=O)N[C@@H](Cc1ccc2ccccc2n1)C(N)=O. The van der Waals surface area contributed by atoms with E-state index < -0.39 is 30.4 Å². The molecule has 2 amide bonds. The van der Waals surface area contributed by atoms with E-state index in [1.165, 1.54) is 6.92 Å². The second kappa shape index (κ2) is 7.35. The summed E-state index contributed by atoms with van der Waals surface area (Å²) >= 11 is 0. The van der Waals surface area contributed by atoms with Gasteiger partial charge in [-0.05, 0) is 12.1 Å². The van der Waals surface area contributed by atoms with Crippen LogP contribution in [-0.2, 0) is 25.5 Å². The zero-order valence-electron chi connectivity index (χ0n) is 12.6. The Kier molecular flexibility index (Phi) is 5.24. The van der Waals surface area contributed by atoms with Gasteiger partial charge in [0.2, 0.25) is 5.91 Å². The number of nitrogens with two attached hydrogens (primary N) is 1. The molecule has 0 aliphatic heterocycles. The van der Waals surface area contributed by atoms with E-state index in [1.54, 1.807) is 6.07 Å². The van der Waals surface area contributed by atoms with Gasteiger partial charge in [0.15, 0.2) is 6.61 Å². The van der Waals surface area contributed by atoms with Crippen LogP contribution in [0.15, 0.2) is 36.4 Å². The molecule has 1 heterocycles. The van der Waals surface area contributed by atoms with Crippen LogP contribution < -0.4 is 11.1 Å². The minimum absolute atomic E-state index is 0.159. The zero-order chi connectivity index (χ0) is 16.8.